The average molecular weight is 286 g/mol. The second kappa shape index (κ2) is 5.90. The van der Waals surface area contributed by atoms with E-state index in [1.54, 1.807) is 0 Å². The number of fused-ring (bicyclic) bond motifs is 1. The minimum absolute atomic E-state index is 0.0732. The summed E-state index contributed by atoms with van der Waals surface area (Å²) >= 11 is 0. The standard InChI is InChI=1S/C17H22N2O2/c1-12(16-9-14-5-3-4-6-15(14)21-16)19(2)11-17(20)18-10-13-7-8-13/h3-6,9,12-13H,7-8,10-11H2,1-2H3,(H,18,20). The number of rotatable bonds is 6. The maximum atomic E-state index is 11.9. The number of amides is 1. The van der Waals surface area contributed by atoms with Crippen molar-refractivity contribution in [1.29, 1.82) is 0 Å². The molecule has 1 N–H and O–H groups in total. The van der Waals surface area contributed by atoms with Crippen molar-refractivity contribution in [3.05, 3.63) is 36.1 Å². The van der Waals surface area contributed by atoms with Gasteiger partial charge in [-0.3, -0.25) is 9.69 Å². The van der Waals surface area contributed by atoms with Gasteiger partial charge in [0.05, 0.1) is 12.6 Å². The van der Waals surface area contributed by atoms with Crippen LogP contribution in [-0.2, 0) is 4.79 Å². The Morgan fingerprint density at radius 3 is 2.90 bits per heavy atom. The van der Waals surface area contributed by atoms with Crippen LogP contribution in [0.2, 0.25) is 0 Å². The molecule has 4 nitrogen and oxygen atoms in total. The molecular weight excluding hydrogens is 264 g/mol. The fraction of sp³-hybridized carbons (Fsp3) is 0.471. The summed E-state index contributed by atoms with van der Waals surface area (Å²) in [4.78, 5) is 13.9. The molecule has 4 heteroatoms. The topological polar surface area (TPSA) is 45.5 Å². The molecule has 1 aromatic heterocycles. The van der Waals surface area contributed by atoms with Crippen molar-refractivity contribution in [3.8, 4) is 0 Å². The van der Waals surface area contributed by atoms with Crippen molar-refractivity contribution in [3.63, 3.8) is 0 Å². The SMILES string of the molecule is CC(c1cc2ccccc2o1)N(C)CC(=O)NCC1CC1. The fourth-order valence-electron chi connectivity index (χ4n) is 2.43. The molecule has 1 unspecified atom stereocenters. The Hall–Kier alpha value is -1.81. The highest BCUT2D eigenvalue weighted by Gasteiger charge is 2.23. The number of nitrogens with zero attached hydrogens (tertiary/aromatic N) is 1. The van der Waals surface area contributed by atoms with Crippen LogP contribution in [0.3, 0.4) is 0 Å². The van der Waals surface area contributed by atoms with Gasteiger partial charge in [-0.15, -0.1) is 0 Å². The minimum Gasteiger partial charge on any atom is -0.459 e. The van der Waals surface area contributed by atoms with Gasteiger partial charge in [-0.05, 0) is 44.9 Å². The Bertz CT molecular complexity index is 598. The zero-order valence-electron chi connectivity index (χ0n) is 12.6. The van der Waals surface area contributed by atoms with Gasteiger partial charge in [-0.25, -0.2) is 0 Å². The van der Waals surface area contributed by atoms with E-state index in [1.807, 2.05) is 36.2 Å². The van der Waals surface area contributed by atoms with Gasteiger partial charge in [-0.2, -0.15) is 0 Å². The highest BCUT2D eigenvalue weighted by Crippen LogP contribution is 2.28. The number of para-hydroxylation sites is 1. The smallest absolute Gasteiger partial charge is 0.234 e. The molecule has 1 heterocycles. The van der Waals surface area contributed by atoms with Crippen molar-refractivity contribution in [2.24, 2.45) is 5.92 Å². The van der Waals surface area contributed by atoms with Gasteiger partial charge in [0, 0.05) is 11.9 Å². The zero-order valence-corrected chi connectivity index (χ0v) is 12.6. The third-order valence-corrected chi connectivity index (χ3v) is 4.20. The van der Waals surface area contributed by atoms with Crippen molar-refractivity contribution < 1.29 is 9.21 Å². The predicted octanol–water partition coefficient (Wildman–Crippen LogP) is 2.95. The summed E-state index contributed by atoms with van der Waals surface area (Å²) in [5, 5.41) is 4.10. The molecule has 112 valence electrons. The van der Waals surface area contributed by atoms with Crippen molar-refractivity contribution in [1.82, 2.24) is 10.2 Å². The van der Waals surface area contributed by atoms with Crippen LogP contribution >= 0.6 is 0 Å². The van der Waals surface area contributed by atoms with E-state index >= 15 is 0 Å². The summed E-state index contributed by atoms with van der Waals surface area (Å²) in [5.41, 5.74) is 0.894. The number of hydrogen-bond donors (Lipinski definition) is 1. The lowest BCUT2D eigenvalue weighted by Gasteiger charge is -2.22. The summed E-state index contributed by atoms with van der Waals surface area (Å²) < 4.78 is 5.87. The maximum Gasteiger partial charge on any atom is 0.234 e. The molecule has 0 radical (unpaired) electrons. The predicted molar refractivity (Wildman–Crippen MR) is 83.0 cm³/mol. The molecule has 0 spiro atoms. The summed E-state index contributed by atoms with van der Waals surface area (Å²) in [6.07, 6.45) is 2.51. The van der Waals surface area contributed by atoms with E-state index in [9.17, 15) is 4.79 Å². The van der Waals surface area contributed by atoms with Crippen LogP contribution in [0.4, 0.5) is 0 Å². The van der Waals surface area contributed by atoms with Gasteiger partial charge in [0.2, 0.25) is 5.91 Å². The second-order valence-corrected chi connectivity index (χ2v) is 6.03. The molecule has 0 bridgehead atoms. The van der Waals surface area contributed by atoms with E-state index in [0.29, 0.717) is 12.5 Å². The quantitative estimate of drug-likeness (QED) is 0.888. The van der Waals surface area contributed by atoms with E-state index in [1.165, 1.54) is 12.8 Å². The first kappa shape index (κ1) is 14.1. The van der Waals surface area contributed by atoms with E-state index in [0.717, 1.165) is 23.3 Å². The number of carbonyl (C=O) groups is 1. The van der Waals surface area contributed by atoms with Crippen LogP contribution in [-0.4, -0.2) is 30.9 Å². The molecule has 1 aliphatic carbocycles. The number of hydrogen-bond acceptors (Lipinski definition) is 3. The lowest BCUT2D eigenvalue weighted by atomic mass is 10.2. The molecule has 1 saturated carbocycles. The second-order valence-electron chi connectivity index (χ2n) is 6.03. The third-order valence-electron chi connectivity index (χ3n) is 4.20. The van der Waals surface area contributed by atoms with E-state index in [-0.39, 0.29) is 11.9 Å². The summed E-state index contributed by atoms with van der Waals surface area (Å²) in [6, 6.07) is 10.1. The summed E-state index contributed by atoms with van der Waals surface area (Å²) in [7, 11) is 1.95. The largest absolute Gasteiger partial charge is 0.459 e. The molecule has 0 saturated heterocycles. The van der Waals surface area contributed by atoms with Crippen molar-refractivity contribution in [2.75, 3.05) is 20.1 Å². The molecule has 1 atom stereocenters. The van der Waals surface area contributed by atoms with Gasteiger partial charge in [0.1, 0.15) is 11.3 Å². The van der Waals surface area contributed by atoms with Crippen LogP contribution < -0.4 is 5.32 Å². The van der Waals surface area contributed by atoms with E-state index in [2.05, 4.69) is 18.3 Å². The van der Waals surface area contributed by atoms with Crippen LogP contribution in [0.5, 0.6) is 0 Å². The van der Waals surface area contributed by atoms with Gasteiger partial charge in [0.25, 0.3) is 0 Å². The van der Waals surface area contributed by atoms with Gasteiger partial charge >= 0.3 is 0 Å². The van der Waals surface area contributed by atoms with Crippen LogP contribution in [0.1, 0.15) is 31.6 Å². The first-order valence-corrected chi connectivity index (χ1v) is 7.59. The third kappa shape index (κ3) is 3.45. The number of benzene rings is 1. The first-order chi connectivity index (χ1) is 10.1. The minimum atomic E-state index is 0.0732. The monoisotopic (exact) mass is 286 g/mol. The number of nitrogens with one attached hydrogen (secondary N) is 1. The average Bonchev–Trinajstić information content (AvgIpc) is 3.21. The Balaban J connectivity index is 1.60. The zero-order chi connectivity index (χ0) is 14.8. The Morgan fingerprint density at radius 2 is 2.19 bits per heavy atom. The fourth-order valence-corrected chi connectivity index (χ4v) is 2.43. The van der Waals surface area contributed by atoms with Crippen molar-refractivity contribution >= 4 is 16.9 Å². The lowest BCUT2D eigenvalue weighted by molar-refractivity contribution is -0.122. The normalized spacial score (nSPS) is 16.3. The number of furan rings is 1. The highest BCUT2D eigenvalue weighted by molar-refractivity contribution is 5.79. The van der Waals surface area contributed by atoms with Crippen LogP contribution in [0.25, 0.3) is 11.0 Å². The molecule has 1 fully saturated rings. The maximum absolute atomic E-state index is 11.9. The number of likely N-dealkylation sites (N-methyl/N-ethyl adjacent to an activating group) is 1. The molecule has 1 aromatic carbocycles. The lowest BCUT2D eigenvalue weighted by Crippen LogP contribution is -2.37. The van der Waals surface area contributed by atoms with Gasteiger partial charge in [-0.1, -0.05) is 18.2 Å². The summed E-state index contributed by atoms with van der Waals surface area (Å²) in [6.45, 7) is 3.28. The highest BCUT2D eigenvalue weighted by atomic mass is 16.3. The molecule has 3 rings (SSSR count). The first-order valence-electron chi connectivity index (χ1n) is 7.59. The Labute approximate surface area is 125 Å². The Morgan fingerprint density at radius 1 is 1.43 bits per heavy atom. The molecule has 0 aliphatic heterocycles. The van der Waals surface area contributed by atoms with E-state index < -0.39 is 0 Å². The van der Waals surface area contributed by atoms with Crippen molar-refractivity contribution in [2.45, 2.75) is 25.8 Å². The van der Waals surface area contributed by atoms with Crippen LogP contribution in [0.15, 0.2) is 34.7 Å². The molecule has 21 heavy (non-hydrogen) atoms. The van der Waals surface area contributed by atoms with Gasteiger partial charge < -0.3 is 9.73 Å². The Kier molecular flexibility index (Phi) is 3.97. The molecule has 1 aliphatic rings. The van der Waals surface area contributed by atoms with Crippen LogP contribution in [0, 0.1) is 5.92 Å². The summed E-state index contributed by atoms with van der Waals surface area (Å²) in [5.74, 6) is 1.70. The van der Waals surface area contributed by atoms with E-state index in [4.69, 9.17) is 4.42 Å². The number of carbonyl (C=O) groups excluding carboxylic acids is 1. The molecule has 1 amide bonds. The molecular formula is C17H22N2O2. The van der Waals surface area contributed by atoms with Gasteiger partial charge in [0.15, 0.2) is 0 Å². The molecule has 2 aromatic rings.